The Morgan fingerprint density at radius 1 is 1.21 bits per heavy atom. The number of carbonyl (C=O) groups is 2. The lowest BCUT2D eigenvalue weighted by Crippen LogP contribution is -2.49. The molecule has 19 heavy (non-hydrogen) atoms. The SMILES string of the molecule is NC(=O)C1CCC([C@H](N)C(=O)[C@H]2C[S@](=O)CN2)CC1. The Kier molecular flexibility index (Phi) is 4.70. The molecule has 0 unspecified atom stereocenters. The molecule has 3 atom stereocenters. The third-order valence-electron chi connectivity index (χ3n) is 4.20. The van der Waals surface area contributed by atoms with Crippen LogP contribution in [0, 0.1) is 11.8 Å². The Bertz CT molecular complexity index is 394. The molecule has 0 bridgehead atoms. The number of hydrogen-bond acceptors (Lipinski definition) is 5. The Hall–Kier alpha value is -0.790. The standard InChI is InChI=1S/C12H21N3O3S/c13-10(11(16)9-5-19(18)6-15-9)7-1-3-8(4-2-7)12(14)17/h7-10,15H,1-6,13H2,(H2,14,17)/t7?,8?,9-,10+,19+/m1/s1. The van der Waals surface area contributed by atoms with Crippen molar-refractivity contribution in [3.63, 3.8) is 0 Å². The van der Waals surface area contributed by atoms with Gasteiger partial charge in [-0.15, -0.1) is 0 Å². The van der Waals surface area contributed by atoms with Crippen molar-refractivity contribution in [3.05, 3.63) is 0 Å². The summed E-state index contributed by atoms with van der Waals surface area (Å²) in [5, 5.41) is 2.95. The van der Waals surface area contributed by atoms with Gasteiger partial charge in [0, 0.05) is 22.5 Å². The van der Waals surface area contributed by atoms with Crippen LogP contribution in [0.4, 0.5) is 0 Å². The maximum Gasteiger partial charge on any atom is 0.220 e. The van der Waals surface area contributed by atoms with Crippen LogP contribution >= 0.6 is 0 Å². The van der Waals surface area contributed by atoms with Crippen LogP contribution in [0.15, 0.2) is 0 Å². The molecule has 1 amide bonds. The normalized spacial score (nSPS) is 36.9. The highest BCUT2D eigenvalue weighted by molar-refractivity contribution is 7.85. The summed E-state index contributed by atoms with van der Waals surface area (Å²) in [6.07, 6.45) is 2.95. The van der Waals surface area contributed by atoms with Gasteiger partial charge in [0.15, 0.2) is 5.78 Å². The Balaban J connectivity index is 1.87. The van der Waals surface area contributed by atoms with Crippen molar-refractivity contribution in [3.8, 4) is 0 Å². The number of rotatable bonds is 4. The number of Topliss-reactive ketones (excluding diaryl/α,β-unsaturated/α-hetero) is 1. The van der Waals surface area contributed by atoms with E-state index in [0.29, 0.717) is 24.5 Å². The minimum absolute atomic E-state index is 0.0478. The maximum atomic E-state index is 12.2. The van der Waals surface area contributed by atoms with Gasteiger partial charge in [-0.25, -0.2) is 0 Å². The van der Waals surface area contributed by atoms with Gasteiger partial charge in [-0.1, -0.05) is 0 Å². The number of primary amides is 1. The fraction of sp³-hybridized carbons (Fsp3) is 0.833. The molecular weight excluding hydrogens is 266 g/mol. The topological polar surface area (TPSA) is 115 Å². The summed E-state index contributed by atoms with van der Waals surface area (Å²) in [7, 11) is -0.956. The molecule has 1 saturated heterocycles. The lowest BCUT2D eigenvalue weighted by molar-refractivity contribution is -0.124. The quantitative estimate of drug-likeness (QED) is 0.604. The first-order valence-electron chi connectivity index (χ1n) is 6.66. The lowest BCUT2D eigenvalue weighted by Gasteiger charge is -2.31. The molecule has 0 radical (unpaired) electrons. The first-order chi connectivity index (χ1) is 8.99. The van der Waals surface area contributed by atoms with Gasteiger partial charge >= 0.3 is 0 Å². The van der Waals surface area contributed by atoms with E-state index in [1.165, 1.54) is 0 Å². The zero-order chi connectivity index (χ0) is 14.0. The summed E-state index contributed by atoms with van der Waals surface area (Å²) in [4.78, 5) is 23.3. The predicted octanol–water partition coefficient (Wildman–Crippen LogP) is -1.15. The second-order valence-electron chi connectivity index (χ2n) is 5.45. The van der Waals surface area contributed by atoms with Gasteiger partial charge in [-0.2, -0.15) is 0 Å². The maximum absolute atomic E-state index is 12.2. The average molecular weight is 287 g/mol. The molecule has 0 aromatic heterocycles. The van der Waals surface area contributed by atoms with Crippen LogP contribution < -0.4 is 16.8 Å². The van der Waals surface area contributed by atoms with Crippen LogP contribution in [-0.4, -0.2) is 39.6 Å². The zero-order valence-electron chi connectivity index (χ0n) is 10.8. The van der Waals surface area contributed by atoms with Gasteiger partial charge in [-0.3, -0.25) is 19.1 Å². The summed E-state index contributed by atoms with van der Waals surface area (Å²) in [6.45, 7) is 0. The van der Waals surface area contributed by atoms with Gasteiger partial charge in [0.25, 0.3) is 0 Å². The molecule has 2 aliphatic rings. The van der Waals surface area contributed by atoms with Crippen LogP contribution in [-0.2, 0) is 20.4 Å². The van der Waals surface area contributed by atoms with Gasteiger partial charge in [0.05, 0.1) is 18.0 Å². The van der Waals surface area contributed by atoms with E-state index in [1.54, 1.807) is 0 Å². The van der Waals surface area contributed by atoms with Crippen molar-refractivity contribution in [2.45, 2.75) is 37.8 Å². The van der Waals surface area contributed by atoms with Gasteiger partial charge in [0.1, 0.15) is 0 Å². The summed E-state index contributed by atoms with van der Waals surface area (Å²) in [6, 6.07) is -0.897. The van der Waals surface area contributed by atoms with Crippen molar-refractivity contribution in [2.75, 3.05) is 11.6 Å². The summed E-state index contributed by atoms with van der Waals surface area (Å²) in [5.74, 6) is 0.468. The molecule has 5 N–H and O–H groups in total. The number of hydrogen-bond donors (Lipinski definition) is 3. The minimum Gasteiger partial charge on any atom is -0.369 e. The molecule has 6 nitrogen and oxygen atoms in total. The number of nitrogens with two attached hydrogens (primary N) is 2. The molecule has 7 heteroatoms. The number of amides is 1. The molecule has 0 aromatic rings. The zero-order valence-corrected chi connectivity index (χ0v) is 11.7. The molecule has 2 fully saturated rings. The highest BCUT2D eigenvalue weighted by Gasteiger charge is 2.36. The average Bonchev–Trinajstić information content (AvgIpc) is 2.84. The monoisotopic (exact) mass is 287 g/mol. The molecule has 1 heterocycles. The fourth-order valence-corrected chi connectivity index (χ4v) is 4.07. The van der Waals surface area contributed by atoms with Crippen molar-refractivity contribution < 1.29 is 13.8 Å². The van der Waals surface area contributed by atoms with E-state index in [1.807, 2.05) is 0 Å². The van der Waals surface area contributed by atoms with Gasteiger partial charge < -0.3 is 11.5 Å². The van der Waals surface area contributed by atoms with Crippen LogP contribution in [0.5, 0.6) is 0 Å². The minimum atomic E-state index is -0.956. The number of ketones is 1. The fourth-order valence-electron chi connectivity index (χ4n) is 2.91. The van der Waals surface area contributed by atoms with Crippen molar-refractivity contribution >= 4 is 22.5 Å². The van der Waals surface area contributed by atoms with E-state index >= 15 is 0 Å². The molecule has 2 rings (SSSR count). The molecule has 1 saturated carbocycles. The van der Waals surface area contributed by atoms with E-state index in [-0.39, 0.29) is 29.6 Å². The molecule has 1 aliphatic heterocycles. The van der Waals surface area contributed by atoms with E-state index in [9.17, 15) is 13.8 Å². The summed E-state index contributed by atoms with van der Waals surface area (Å²) < 4.78 is 11.3. The molecule has 0 aromatic carbocycles. The van der Waals surface area contributed by atoms with Crippen molar-refractivity contribution in [2.24, 2.45) is 23.3 Å². The molecule has 0 spiro atoms. The first kappa shape index (κ1) is 14.6. The second kappa shape index (κ2) is 6.11. The second-order valence-corrected chi connectivity index (χ2v) is 6.95. The van der Waals surface area contributed by atoms with E-state index < -0.39 is 16.8 Å². The van der Waals surface area contributed by atoms with Crippen molar-refractivity contribution in [1.82, 2.24) is 5.32 Å². The van der Waals surface area contributed by atoms with Crippen LogP contribution in [0.3, 0.4) is 0 Å². The highest BCUT2D eigenvalue weighted by atomic mass is 32.2. The molecular formula is C12H21N3O3S. The van der Waals surface area contributed by atoms with E-state index in [0.717, 1.165) is 12.8 Å². The first-order valence-corrected chi connectivity index (χ1v) is 8.15. The Labute approximate surface area is 115 Å². The van der Waals surface area contributed by atoms with E-state index in [2.05, 4.69) is 5.32 Å². The van der Waals surface area contributed by atoms with Crippen LogP contribution in [0.1, 0.15) is 25.7 Å². The largest absolute Gasteiger partial charge is 0.369 e. The van der Waals surface area contributed by atoms with E-state index in [4.69, 9.17) is 11.5 Å². The van der Waals surface area contributed by atoms with Gasteiger partial charge in [-0.05, 0) is 31.6 Å². The smallest absolute Gasteiger partial charge is 0.220 e. The third-order valence-corrected chi connectivity index (χ3v) is 5.39. The Morgan fingerprint density at radius 2 is 1.84 bits per heavy atom. The summed E-state index contributed by atoms with van der Waals surface area (Å²) in [5.41, 5.74) is 11.3. The van der Waals surface area contributed by atoms with Crippen molar-refractivity contribution in [1.29, 1.82) is 0 Å². The van der Waals surface area contributed by atoms with Crippen LogP contribution in [0.2, 0.25) is 0 Å². The predicted molar refractivity (Wildman–Crippen MR) is 72.4 cm³/mol. The Morgan fingerprint density at radius 3 is 2.32 bits per heavy atom. The molecule has 108 valence electrons. The number of nitrogens with one attached hydrogen (secondary N) is 1. The highest BCUT2D eigenvalue weighted by Crippen LogP contribution is 2.30. The molecule has 1 aliphatic carbocycles. The van der Waals surface area contributed by atoms with Gasteiger partial charge in [0.2, 0.25) is 5.91 Å². The number of carbonyl (C=O) groups excluding carboxylic acids is 2. The third kappa shape index (κ3) is 3.40. The summed E-state index contributed by atoms with van der Waals surface area (Å²) >= 11 is 0. The lowest BCUT2D eigenvalue weighted by atomic mass is 9.77. The van der Waals surface area contributed by atoms with Crippen LogP contribution in [0.25, 0.3) is 0 Å².